The minimum atomic E-state index is -4.08. The van der Waals surface area contributed by atoms with E-state index in [0.29, 0.717) is 16.6 Å². The van der Waals surface area contributed by atoms with Crippen LogP contribution in [0.5, 0.6) is 0 Å². The summed E-state index contributed by atoms with van der Waals surface area (Å²) >= 11 is 0. The molecule has 0 saturated carbocycles. The predicted octanol–water partition coefficient (Wildman–Crippen LogP) is 2.09. The number of nitrogens with two attached hydrogens (primary N) is 1. The lowest BCUT2D eigenvalue weighted by Crippen LogP contribution is -2.26. The van der Waals surface area contributed by atoms with E-state index in [2.05, 4.69) is 4.98 Å². The van der Waals surface area contributed by atoms with Gasteiger partial charge in [-0.05, 0) is 44.0 Å². The van der Waals surface area contributed by atoms with Gasteiger partial charge in [-0.3, -0.25) is 19.6 Å². The molecular formula is C17H20N4O3S. The first-order valence-electron chi connectivity index (χ1n) is 7.42. The summed E-state index contributed by atoms with van der Waals surface area (Å²) in [6.45, 7) is 5.22. The van der Waals surface area contributed by atoms with Crippen molar-refractivity contribution in [1.82, 2.24) is 9.66 Å². The van der Waals surface area contributed by atoms with Gasteiger partial charge in [0.25, 0.3) is 10.1 Å². The number of hydrogen-bond acceptors (Lipinski definition) is 5. The van der Waals surface area contributed by atoms with Crippen molar-refractivity contribution < 1.29 is 13.0 Å². The topological polar surface area (TPSA) is 122 Å². The lowest BCUT2D eigenvalue weighted by molar-refractivity contribution is 0.482. The maximum absolute atomic E-state index is 10.9. The van der Waals surface area contributed by atoms with Crippen LogP contribution in [0.15, 0.2) is 47.6 Å². The monoisotopic (exact) mass is 360 g/mol. The molecule has 0 aliphatic heterocycles. The fourth-order valence-corrected chi connectivity index (χ4v) is 3.61. The summed E-state index contributed by atoms with van der Waals surface area (Å²) in [6, 6.07) is 9.04. The SMILES string of the molecule is Cc1cc(C)c(S(=O)(=O)O)c(C)c1.N=c1c2ncccc2ccn1N. The normalized spacial score (nSPS) is 11.0. The Bertz CT molecular complexity index is 1070. The number of aryl methyl sites for hydroxylation is 3. The lowest BCUT2D eigenvalue weighted by Gasteiger charge is -2.07. The van der Waals surface area contributed by atoms with Crippen molar-refractivity contribution in [3.63, 3.8) is 0 Å². The lowest BCUT2D eigenvalue weighted by atomic mass is 10.1. The van der Waals surface area contributed by atoms with Crippen molar-refractivity contribution in [3.8, 4) is 0 Å². The van der Waals surface area contributed by atoms with Crippen LogP contribution in [0.1, 0.15) is 16.7 Å². The van der Waals surface area contributed by atoms with Crippen molar-refractivity contribution in [2.45, 2.75) is 25.7 Å². The molecule has 0 bridgehead atoms. The van der Waals surface area contributed by atoms with Gasteiger partial charge in [-0.15, -0.1) is 0 Å². The molecule has 25 heavy (non-hydrogen) atoms. The van der Waals surface area contributed by atoms with E-state index in [1.54, 1.807) is 38.4 Å². The van der Waals surface area contributed by atoms with E-state index in [9.17, 15) is 8.42 Å². The smallest absolute Gasteiger partial charge is 0.295 e. The van der Waals surface area contributed by atoms with Crippen LogP contribution in [0.2, 0.25) is 0 Å². The van der Waals surface area contributed by atoms with Crippen LogP contribution in [0.4, 0.5) is 0 Å². The minimum Gasteiger partial charge on any atom is -0.338 e. The number of benzene rings is 1. The predicted molar refractivity (Wildman–Crippen MR) is 96.2 cm³/mol. The van der Waals surface area contributed by atoms with Crippen molar-refractivity contribution in [2.75, 3.05) is 5.84 Å². The summed E-state index contributed by atoms with van der Waals surface area (Å²) in [5.41, 5.74) is 3.01. The van der Waals surface area contributed by atoms with Gasteiger partial charge >= 0.3 is 0 Å². The average molecular weight is 360 g/mol. The van der Waals surface area contributed by atoms with E-state index in [-0.39, 0.29) is 10.4 Å². The molecule has 7 nitrogen and oxygen atoms in total. The van der Waals surface area contributed by atoms with Gasteiger partial charge in [0.2, 0.25) is 0 Å². The van der Waals surface area contributed by atoms with Crippen LogP contribution >= 0.6 is 0 Å². The highest BCUT2D eigenvalue weighted by Crippen LogP contribution is 2.20. The molecular weight excluding hydrogens is 340 g/mol. The molecule has 4 N–H and O–H groups in total. The Morgan fingerprint density at radius 3 is 2.32 bits per heavy atom. The molecule has 0 aliphatic rings. The first-order valence-corrected chi connectivity index (χ1v) is 8.86. The highest BCUT2D eigenvalue weighted by atomic mass is 32.2. The number of nitrogens with zero attached hydrogens (tertiary/aromatic N) is 2. The second-order valence-corrected chi connectivity index (χ2v) is 7.07. The molecule has 0 amide bonds. The van der Waals surface area contributed by atoms with Crippen molar-refractivity contribution >= 4 is 21.0 Å². The van der Waals surface area contributed by atoms with E-state index in [1.165, 1.54) is 4.68 Å². The van der Waals surface area contributed by atoms with E-state index >= 15 is 0 Å². The van der Waals surface area contributed by atoms with Crippen LogP contribution in [0.3, 0.4) is 0 Å². The first kappa shape index (κ1) is 18.6. The molecule has 3 aromatic rings. The zero-order valence-corrected chi connectivity index (χ0v) is 15.0. The van der Waals surface area contributed by atoms with Crippen molar-refractivity contribution in [2.24, 2.45) is 0 Å². The Morgan fingerprint density at radius 1 is 1.16 bits per heavy atom. The summed E-state index contributed by atoms with van der Waals surface area (Å²) in [7, 11) is -4.08. The molecule has 0 radical (unpaired) electrons. The Morgan fingerprint density at radius 2 is 1.76 bits per heavy atom. The number of aromatic nitrogens is 2. The van der Waals surface area contributed by atoms with Crippen LogP contribution < -0.4 is 11.3 Å². The Kier molecular flexibility index (Phi) is 5.24. The maximum Gasteiger partial charge on any atom is 0.295 e. The van der Waals surface area contributed by atoms with Gasteiger partial charge in [0, 0.05) is 17.8 Å². The average Bonchev–Trinajstić information content (AvgIpc) is 2.49. The van der Waals surface area contributed by atoms with Gasteiger partial charge < -0.3 is 5.84 Å². The first-order chi connectivity index (χ1) is 11.6. The summed E-state index contributed by atoms with van der Waals surface area (Å²) < 4.78 is 32.0. The number of nitrogens with one attached hydrogen (secondary N) is 1. The quantitative estimate of drug-likeness (QED) is 0.453. The number of fused-ring (bicyclic) bond motifs is 1. The third-order valence-electron chi connectivity index (χ3n) is 3.60. The molecule has 2 heterocycles. The number of rotatable bonds is 1. The molecule has 0 unspecified atom stereocenters. The highest BCUT2D eigenvalue weighted by molar-refractivity contribution is 7.86. The summed E-state index contributed by atoms with van der Waals surface area (Å²) in [5.74, 6) is 5.48. The Hall–Kier alpha value is -2.71. The number of nitrogen functional groups attached to an aromatic ring is 1. The largest absolute Gasteiger partial charge is 0.338 e. The summed E-state index contributed by atoms with van der Waals surface area (Å²) in [4.78, 5) is 4.08. The molecule has 132 valence electrons. The van der Waals surface area contributed by atoms with Gasteiger partial charge in [0.05, 0.1) is 4.90 Å². The minimum absolute atomic E-state index is 0.0260. The molecule has 3 rings (SSSR count). The van der Waals surface area contributed by atoms with E-state index < -0.39 is 10.1 Å². The van der Waals surface area contributed by atoms with Crippen molar-refractivity contribution in [3.05, 3.63) is 64.9 Å². The highest BCUT2D eigenvalue weighted by Gasteiger charge is 2.15. The fraction of sp³-hybridized carbons (Fsp3) is 0.176. The number of pyridine rings is 2. The molecule has 2 aromatic heterocycles. The fourth-order valence-electron chi connectivity index (χ4n) is 2.68. The van der Waals surface area contributed by atoms with Gasteiger partial charge in [-0.1, -0.05) is 23.8 Å². The Labute approximate surface area is 146 Å². The third-order valence-corrected chi connectivity index (χ3v) is 4.76. The van der Waals surface area contributed by atoms with Crippen LogP contribution in [-0.2, 0) is 10.1 Å². The van der Waals surface area contributed by atoms with Crippen LogP contribution in [0.25, 0.3) is 10.9 Å². The summed E-state index contributed by atoms with van der Waals surface area (Å²) in [5, 5.41) is 8.50. The summed E-state index contributed by atoms with van der Waals surface area (Å²) in [6.07, 6.45) is 3.30. The second kappa shape index (κ2) is 7.04. The molecule has 0 atom stereocenters. The zero-order valence-electron chi connectivity index (χ0n) is 14.2. The zero-order chi connectivity index (χ0) is 18.8. The molecule has 1 aromatic carbocycles. The van der Waals surface area contributed by atoms with Gasteiger partial charge in [0.1, 0.15) is 5.52 Å². The van der Waals surface area contributed by atoms with Gasteiger partial charge in [0.15, 0.2) is 5.49 Å². The molecule has 0 fully saturated rings. The molecule has 0 spiro atoms. The van der Waals surface area contributed by atoms with Crippen LogP contribution in [0, 0.1) is 26.2 Å². The third kappa shape index (κ3) is 4.23. The Balaban J connectivity index is 0.000000181. The van der Waals surface area contributed by atoms with Crippen LogP contribution in [-0.4, -0.2) is 22.6 Å². The standard InChI is InChI=1S/C9H12O3S.C8H8N4/c1-6-4-7(2)9(8(3)5-6)13(10,11)12;9-8-7-6(2-1-4-11-7)3-5-12(8)10/h4-5H,1-3H3,(H,10,11,12);1-5,9H,10H2. The number of hydrogen-bond donors (Lipinski definition) is 3. The van der Waals surface area contributed by atoms with E-state index in [1.807, 2.05) is 25.1 Å². The molecule has 0 saturated heterocycles. The van der Waals surface area contributed by atoms with E-state index in [4.69, 9.17) is 15.8 Å². The van der Waals surface area contributed by atoms with E-state index in [0.717, 1.165) is 10.9 Å². The molecule has 0 aliphatic carbocycles. The molecule has 8 heteroatoms. The van der Waals surface area contributed by atoms with Crippen molar-refractivity contribution in [1.29, 1.82) is 5.41 Å². The second-order valence-electron chi connectivity index (χ2n) is 5.72. The maximum atomic E-state index is 10.9. The van der Waals surface area contributed by atoms with Gasteiger partial charge in [-0.25, -0.2) is 0 Å². The van der Waals surface area contributed by atoms with Gasteiger partial charge in [-0.2, -0.15) is 8.42 Å².